The van der Waals surface area contributed by atoms with Crippen LogP contribution in [0.2, 0.25) is 0 Å². The second-order valence-electron chi connectivity index (χ2n) is 3.89. The Balaban J connectivity index is 2.43. The van der Waals surface area contributed by atoms with Crippen molar-refractivity contribution >= 4 is 5.91 Å². The maximum Gasteiger partial charge on any atom is 0.225 e. The summed E-state index contributed by atoms with van der Waals surface area (Å²) in [4.78, 5) is 13.5. The number of carbonyl (C=O) groups is 1. The number of amides is 1. The first-order valence-electron chi connectivity index (χ1n) is 5.04. The van der Waals surface area contributed by atoms with Crippen LogP contribution in [-0.2, 0) is 14.3 Å². The number of nitrogens with zero attached hydrogens (tertiary/aromatic N) is 1. The summed E-state index contributed by atoms with van der Waals surface area (Å²) in [6.45, 7) is 6.38. The van der Waals surface area contributed by atoms with Gasteiger partial charge in [-0.05, 0) is 0 Å². The van der Waals surface area contributed by atoms with Gasteiger partial charge in [0, 0.05) is 26.1 Å². The normalized spacial score (nSPS) is 22.9. The fraction of sp³-hybridized carbons (Fsp3) is 0.900. The minimum absolute atomic E-state index is 0.0384. The first-order valence-corrected chi connectivity index (χ1v) is 5.04. The van der Waals surface area contributed by atoms with Gasteiger partial charge in [-0.1, -0.05) is 13.8 Å². The summed E-state index contributed by atoms with van der Waals surface area (Å²) < 4.78 is 10.5. The number of rotatable bonds is 3. The van der Waals surface area contributed by atoms with Gasteiger partial charge in [-0.2, -0.15) is 0 Å². The molecule has 1 heterocycles. The molecule has 1 unspecified atom stereocenters. The van der Waals surface area contributed by atoms with Gasteiger partial charge in [-0.3, -0.25) is 4.79 Å². The molecule has 4 nitrogen and oxygen atoms in total. The molecule has 0 saturated carbocycles. The van der Waals surface area contributed by atoms with E-state index < -0.39 is 0 Å². The third-order valence-corrected chi connectivity index (χ3v) is 2.30. The van der Waals surface area contributed by atoms with Crippen molar-refractivity contribution in [2.45, 2.75) is 20.0 Å². The van der Waals surface area contributed by atoms with E-state index in [1.165, 1.54) is 0 Å². The Labute approximate surface area is 85.2 Å². The molecule has 14 heavy (non-hydrogen) atoms. The van der Waals surface area contributed by atoms with Gasteiger partial charge in [-0.15, -0.1) is 0 Å². The third-order valence-electron chi connectivity index (χ3n) is 2.30. The fourth-order valence-electron chi connectivity index (χ4n) is 1.57. The van der Waals surface area contributed by atoms with Crippen molar-refractivity contribution in [2.24, 2.45) is 5.92 Å². The Bertz CT molecular complexity index is 192. The second-order valence-corrected chi connectivity index (χ2v) is 3.89. The number of hydrogen-bond acceptors (Lipinski definition) is 3. The van der Waals surface area contributed by atoms with Gasteiger partial charge in [0.25, 0.3) is 0 Å². The Kier molecular flexibility index (Phi) is 4.35. The van der Waals surface area contributed by atoms with Gasteiger partial charge in [0.1, 0.15) is 0 Å². The maximum absolute atomic E-state index is 11.7. The molecule has 0 spiro atoms. The average Bonchev–Trinajstić information content (AvgIpc) is 2.17. The van der Waals surface area contributed by atoms with Crippen molar-refractivity contribution in [3.05, 3.63) is 0 Å². The first kappa shape index (κ1) is 11.5. The third kappa shape index (κ3) is 2.96. The molecule has 1 aliphatic heterocycles. The molecule has 1 aliphatic rings. The van der Waals surface area contributed by atoms with Crippen LogP contribution in [0.4, 0.5) is 0 Å². The monoisotopic (exact) mass is 201 g/mol. The van der Waals surface area contributed by atoms with Gasteiger partial charge in [0.2, 0.25) is 5.91 Å². The molecule has 1 atom stereocenters. The summed E-state index contributed by atoms with van der Waals surface area (Å²) >= 11 is 0. The highest BCUT2D eigenvalue weighted by Crippen LogP contribution is 2.09. The Morgan fingerprint density at radius 1 is 1.64 bits per heavy atom. The van der Waals surface area contributed by atoms with Crippen LogP contribution < -0.4 is 0 Å². The molecule has 0 N–H and O–H groups in total. The van der Waals surface area contributed by atoms with Crippen LogP contribution in [0.1, 0.15) is 13.8 Å². The summed E-state index contributed by atoms with van der Waals surface area (Å²) in [7, 11) is 1.65. The zero-order valence-corrected chi connectivity index (χ0v) is 9.16. The van der Waals surface area contributed by atoms with E-state index in [9.17, 15) is 4.79 Å². The lowest BCUT2D eigenvalue weighted by Crippen LogP contribution is -2.48. The van der Waals surface area contributed by atoms with Crippen LogP contribution >= 0.6 is 0 Å². The van der Waals surface area contributed by atoms with Crippen LogP contribution in [0.25, 0.3) is 0 Å². The smallest absolute Gasteiger partial charge is 0.225 e. The molecule has 1 rings (SSSR count). The largest absolute Gasteiger partial charge is 0.382 e. The predicted octanol–water partition coefficient (Wildman–Crippen LogP) is 0.516. The summed E-state index contributed by atoms with van der Waals surface area (Å²) in [5.41, 5.74) is 0. The van der Waals surface area contributed by atoms with Crippen molar-refractivity contribution in [3.63, 3.8) is 0 Å². The van der Waals surface area contributed by atoms with Gasteiger partial charge in [0.05, 0.1) is 19.3 Å². The Morgan fingerprint density at radius 2 is 2.36 bits per heavy atom. The summed E-state index contributed by atoms with van der Waals surface area (Å²) in [6.07, 6.45) is 0.0384. The van der Waals surface area contributed by atoms with Gasteiger partial charge >= 0.3 is 0 Å². The minimum Gasteiger partial charge on any atom is -0.382 e. The van der Waals surface area contributed by atoms with Crippen LogP contribution in [0.3, 0.4) is 0 Å². The summed E-state index contributed by atoms with van der Waals surface area (Å²) in [5.74, 6) is 0.269. The first-order chi connectivity index (χ1) is 6.65. The van der Waals surface area contributed by atoms with E-state index in [1.54, 1.807) is 7.11 Å². The van der Waals surface area contributed by atoms with Crippen molar-refractivity contribution in [3.8, 4) is 0 Å². The highest BCUT2D eigenvalue weighted by atomic mass is 16.5. The van der Waals surface area contributed by atoms with Crippen LogP contribution in [0.15, 0.2) is 0 Å². The Hall–Kier alpha value is -0.610. The topological polar surface area (TPSA) is 38.8 Å². The zero-order valence-electron chi connectivity index (χ0n) is 9.16. The standard InChI is InChI=1S/C10H19NO3/c1-8(2)10(12)11-4-5-14-9(6-11)7-13-3/h8-9H,4-7H2,1-3H3. The van der Waals surface area contributed by atoms with E-state index in [4.69, 9.17) is 9.47 Å². The quantitative estimate of drug-likeness (QED) is 0.668. The minimum atomic E-state index is 0.0384. The number of carbonyl (C=O) groups excluding carboxylic acids is 1. The van der Waals surface area contributed by atoms with Crippen molar-refractivity contribution in [1.29, 1.82) is 0 Å². The molecule has 0 aliphatic carbocycles. The zero-order chi connectivity index (χ0) is 10.6. The molecule has 1 amide bonds. The van der Waals surface area contributed by atoms with Crippen molar-refractivity contribution in [2.75, 3.05) is 33.4 Å². The number of methoxy groups -OCH3 is 1. The number of morpholine rings is 1. The van der Waals surface area contributed by atoms with Crippen molar-refractivity contribution in [1.82, 2.24) is 4.90 Å². The average molecular weight is 201 g/mol. The fourth-order valence-corrected chi connectivity index (χ4v) is 1.57. The van der Waals surface area contributed by atoms with E-state index >= 15 is 0 Å². The predicted molar refractivity (Wildman–Crippen MR) is 53.0 cm³/mol. The molecule has 0 aromatic rings. The lowest BCUT2D eigenvalue weighted by molar-refractivity contribution is -0.144. The molecule has 0 radical (unpaired) electrons. The molecule has 4 heteroatoms. The molecule has 0 aromatic heterocycles. The molecular weight excluding hydrogens is 182 g/mol. The molecule has 1 saturated heterocycles. The molecule has 1 fully saturated rings. The summed E-state index contributed by atoms with van der Waals surface area (Å²) in [5, 5.41) is 0. The highest BCUT2D eigenvalue weighted by Gasteiger charge is 2.25. The van der Waals surface area contributed by atoms with Gasteiger partial charge in [0.15, 0.2) is 0 Å². The van der Waals surface area contributed by atoms with Crippen LogP contribution in [0.5, 0.6) is 0 Å². The molecular formula is C10H19NO3. The second kappa shape index (κ2) is 5.32. The van der Waals surface area contributed by atoms with Gasteiger partial charge in [-0.25, -0.2) is 0 Å². The maximum atomic E-state index is 11.7. The molecule has 0 bridgehead atoms. The van der Waals surface area contributed by atoms with Crippen LogP contribution in [0, 0.1) is 5.92 Å². The highest BCUT2D eigenvalue weighted by molar-refractivity contribution is 5.78. The summed E-state index contributed by atoms with van der Waals surface area (Å²) in [6, 6.07) is 0. The number of ether oxygens (including phenoxy) is 2. The van der Waals surface area contributed by atoms with Gasteiger partial charge < -0.3 is 14.4 Å². The van der Waals surface area contributed by atoms with E-state index in [0.29, 0.717) is 26.3 Å². The molecule has 82 valence electrons. The SMILES string of the molecule is COCC1CN(C(=O)C(C)C)CCO1. The van der Waals surface area contributed by atoms with Crippen LogP contribution in [-0.4, -0.2) is 50.3 Å². The van der Waals surface area contributed by atoms with E-state index in [0.717, 1.165) is 0 Å². The lowest BCUT2D eigenvalue weighted by atomic mass is 10.1. The van der Waals surface area contributed by atoms with Crippen molar-refractivity contribution < 1.29 is 14.3 Å². The van der Waals surface area contributed by atoms with E-state index in [-0.39, 0.29) is 17.9 Å². The number of hydrogen-bond donors (Lipinski definition) is 0. The lowest BCUT2D eigenvalue weighted by Gasteiger charge is -2.33. The Morgan fingerprint density at radius 3 is 2.93 bits per heavy atom. The van der Waals surface area contributed by atoms with E-state index in [2.05, 4.69) is 0 Å². The molecule has 0 aromatic carbocycles. The van der Waals surface area contributed by atoms with E-state index in [1.807, 2.05) is 18.7 Å².